The molecule has 1 amide bonds. The lowest BCUT2D eigenvalue weighted by molar-refractivity contribution is 0.102. The van der Waals surface area contributed by atoms with Gasteiger partial charge in [-0.2, -0.15) is 5.10 Å². The number of aryl methyl sites for hydroxylation is 2. The van der Waals surface area contributed by atoms with E-state index in [1.807, 2.05) is 55.8 Å². The van der Waals surface area contributed by atoms with Gasteiger partial charge in [0.1, 0.15) is 5.75 Å². The number of pyridine rings is 1. The van der Waals surface area contributed by atoms with Crippen LogP contribution >= 0.6 is 0 Å². The van der Waals surface area contributed by atoms with Crippen molar-refractivity contribution < 1.29 is 9.53 Å². The molecule has 0 spiro atoms. The Morgan fingerprint density at radius 2 is 1.92 bits per heavy atom. The molecule has 0 saturated heterocycles. The van der Waals surface area contributed by atoms with E-state index in [1.54, 1.807) is 18.3 Å². The quantitative estimate of drug-likeness (QED) is 0.766. The van der Waals surface area contributed by atoms with Gasteiger partial charge in [-0.15, -0.1) is 0 Å². The molecule has 0 fully saturated rings. The van der Waals surface area contributed by atoms with E-state index >= 15 is 0 Å². The van der Waals surface area contributed by atoms with Gasteiger partial charge in [0.25, 0.3) is 5.91 Å². The topological polar surface area (TPSA) is 69.0 Å². The summed E-state index contributed by atoms with van der Waals surface area (Å²) in [6.07, 6.45) is 1.57. The van der Waals surface area contributed by atoms with Crippen LogP contribution in [0.2, 0.25) is 0 Å². The second-order valence-electron chi connectivity index (χ2n) is 5.62. The molecular weight excluding hydrogens is 316 g/mol. The van der Waals surface area contributed by atoms with Crippen LogP contribution in [-0.4, -0.2) is 20.7 Å². The van der Waals surface area contributed by atoms with Gasteiger partial charge in [0.15, 0.2) is 0 Å². The molecule has 3 aromatic rings. The van der Waals surface area contributed by atoms with Crippen LogP contribution in [-0.2, 0) is 6.54 Å². The SMILES string of the molecule is CCn1nc(C)c(C(=O)Nc2ccc(Oc3ccccc3)nc2)c1C. The summed E-state index contributed by atoms with van der Waals surface area (Å²) in [7, 11) is 0. The van der Waals surface area contributed by atoms with Crippen LogP contribution in [0, 0.1) is 13.8 Å². The zero-order chi connectivity index (χ0) is 17.8. The second-order valence-corrected chi connectivity index (χ2v) is 5.62. The molecule has 2 aromatic heterocycles. The number of carbonyl (C=O) groups excluding carboxylic acids is 1. The predicted molar refractivity (Wildman–Crippen MR) is 96.1 cm³/mol. The van der Waals surface area contributed by atoms with Gasteiger partial charge in [-0.3, -0.25) is 9.48 Å². The zero-order valence-corrected chi connectivity index (χ0v) is 14.5. The summed E-state index contributed by atoms with van der Waals surface area (Å²) in [4.78, 5) is 16.8. The van der Waals surface area contributed by atoms with Crippen LogP contribution in [0.25, 0.3) is 0 Å². The summed E-state index contributed by atoms with van der Waals surface area (Å²) in [5, 5.41) is 7.23. The maximum Gasteiger partial charge on any atom is 0.259 e. The van der Waals surface area contributed by atoms with Crippen molar-refractivity contribution in [3.63, 3.8) is 0 Å². The summed E-state index contributed by atoms with van der Waals surface area (Å²) in [6, 6.07) is 12.9. The second kappa shape index (κ2) is 7.17. The van der Waals surface area contributed by atoms with Gasteiger partial charge in [0, 0.05) is 18.3 Å². The lowest BCUT2D eigenvalue weighted by Crippen LogP contribution is -2.14. The number of anilines is 1. The first kappa shape index (κ1) is 16.7. The summed E-state index contributed by atoms with van der Waals surface area (Å²) in [5.74, 6) is 0.994. The fourth-order valence-electron chi connectivity index (χ4n) is 2.65. The summed E-state index contributed by atoms with van der Waals surface area (Å²) in [6.45, 7) is 6.46. The largest absolute Gasteiger partial charge is 0.439 e. The van der Waals surface area contributed by atoms with Crippen molar-refractivity contribution in [3.8, 4) is 11.6 Å². The van der Waals surface area contributed by atoms with E-state index in [0.717, 1.165) is 12.2 Å². The van der Waals surface area contributed by atoms with Gasteiger partial charge in [0.2, 0.25) is 5.88 Å². The third-order valence-corrected chi connectivity index (χ3v) is 3.87. The Bertz CT molecular complexity index is 870. The molecule has 25 heavy (non-hydrogen) atoms. The Hall–Kier alpha value is -3.15. The molecule has 0 saturated carbocycles. The van der Waals surface area contributed by atoms with E-state index in [-0.39, 0.29) is 5.91 Å². The Morgan fingerprint density at radius 3 is 2.52 bits per heavy atom. The number of nitrogens with one attached hydrogen (secondary N) is 1. The van der Waals surface area contributed by atoms with Crippen molar-refractivity contribution in [3.05, 3.63) is 65.6 Å². The highest BCUT2D eigenvalue weighted by molar-refractivity contribution is 6.05. The number of rotatable bonds is 5. The number of ether oxygens (including phenoxy) is 1. The Morgan fingerprint density at radius 1 is 1.16 bits per heavy atom. The summed E-state index contributed by atoms with van der Waals surface area (Å²) >= 11 is 0. The normalized spacial score (nSPS) is 10.5. The van der Waals surface area contributed by atoms with Crippen LogP contribution in [0.1, 0.15) is 28.7 Å². The molecule has 1 N–H and O–H groups in total. The molecular formula is C19H20N4O2. The first-order chi connectivity index (χ1) is 12.1. The van der Waals surface area contributed by atoms with Crippen molar-refractivity contribution in [1.82, 2.24) is 14.8 Å². The molecule has 3 rings (SSSR count). The van der Waals surface area contributed by atoms with Gasteiger partial charge in [-0.1, -0.05) is 18.2 Å². The average Bonchev–Trinajstić information content (AvgIpc) is 2.91. The highest BCUT2D eigenvalue weighted by Crippen LogP contribution is 2.21. The van der Waals surface area contributed by atoms with E-state index in [4.69, 9.17) is 4.74 Å². The van der Waals surface area contributed by atoms with Crippen molar-refractivity contribution in [1.29, 1.82) is 0 Å². The minimum Gasteiger partial charge on any atom is -0.439 e. The third-order valence-electron chi connectivity index (χ3n) is 3.87. The number of nitrogens with zero attached hydrogens (tertiary/aromatic N) is 3. The van der Waals surface area contributed by atoms with E-state index < -0.39 is 0 Å². The highest BCUT2D eigenvalue weighted by Gasteiger charge is 2.18. The van der Waals surface area contributed by atoms with Crippen LogP contribution in [0.4, 0.5) is 5.69 Å². The number of aromatic nitrogens is 3. The first-order valence-corrected chi connectivity index (χ1v) is 8.12. The number of amides is 1. The Kier molecular flexibility index (Phi) is 4.79. The van der Waals surface area contributed by atoms with Crippen molar-refractivity contribution in [2.45, 2.75) is 27.3 Å². The minimum atomic E-state index is -0.187. The van der Waals surface area contributed by atoms with Crippen LogP contribution < -0.4 is 10.1 Å². The van der Waals surface area contributed by atoms with Gasteiger partial charge in [-0.05, 0) is 39.0 Å². The minimum absolute atomic E-state index is 0.187. The Labute approximate surface area is 146 Å². The van der Waals surface area contributed by atoms with Crippen molar-refractivity contribution in [2.75, 3.05) is 5.32 Å². The number of para-hydroxylation sites is 1. The lowest BCUT2D eigenvalue weighted by Gasteiger charge is -2.07. The van der Waals surface area contributed by atoms with Crippen molar-refractivity contribution >= 4 is 11.6 Å². The van der Waals surface area contributed by atoms with Gasteiger partial charge >= 0.3 is 0 Å². The zero-order valence-electron chi connectivity index (χ0n) is 14.5. The molecule has 0 radical (unpaired) electrons. The lowest BCUT2D eigenvalue weighted by atomic mass is 10.2. The molecule has 128 valence electrons. The molecule has 0 unspecified atom stereocenters. The monoisotopic (exact) mass is 336 g/mol. The van der Waals surface area contributed by atoms with E-state index in [1.165, 1.54) is 0 Å². The van der Waals surface area contributed by atoms with Crippen LogP contribution in [0.3, 0.4) is 0 Å². The molecule has 0 aliphatic rings. The van der Waals surface area contributed by atoms with Crippen LogP contribution in [0.15, 0.2) is 48.7 Å². The first-order valence-electron chi connectivity index (χ1n) is 8.12. The standard InChI is InChI=1S/C19H20N4O2/c1-4-23-14(3)18(13(2)22-23)19(24)21-15-10-11-17(20-12-15)25-16-8-6-5-7-9-16/h5-12H,4H2,1-3H3,(H,21,24). The predicted octanol–water partition coefficient (Wildman–Crippen LogP) is 3.96. The molecule has 0 aliphatic heterocycles. The molecule has 0 atom stereocenters. The number of carbonyl (C=O) groups is 1. The van der Waals surface area contributed by atoms with Crippen LogP contribution in [0.5, 0.6) is 11.6 Å². The molecule has 0 aliphatic carbocycles. The summed E-state index contributed by atoms with van der Waals surface area (Å²) < 4.78 is 7.46. The fraction of sp³-hybridized carbons (Fsp3) is 0.211. The number of hydrogen-bond acceptors (Lipinski definition) is 4. The summed E-state index contributed by atoms with van der Waals surface area (Å²) in [5.41, 5.74) is 2.78. The maximum absolute atomic E-state index is 12.5. The third kappa shape index (κ3) is 3.68. The molecule has 6 heteroatoms. The van der Waals surface area contributed by atoms with E-state index in [2.05, 4.69) is 15.4 Å². The number of hydrogen-bond donors (Lipinski definition) is 1. The van der Waals surface area contributed by atoms with Crippen molar-refractivity contribution in [2.24, 2.45) is 0 Å². The maximum atomic E-state index is 12.5. The van der Waals surface area contributed by atoms with E-state index in [0.29, 0.717) is 28.6 Å². The number of benzene rings is 1. The molecule has 6 nitrogen and oxygen atoms in total. The Balaban J connectivity index is 1.71. The smallest absolute Gasteiger partial charge is 0.259 e. The van der Waals surface area contributed by atoms with E-state index in [9.17, 15) is 4.79 Å². The molecule has 0 bridgehead atoms. The van der Waals surface area contributed by atoms with Gasteiger partial charge in [0.05, 0.1) is 23.1 Å². The van der Waals surface area contributed by atoms with Gasteiger partial charge < -0.3 is 10.1 Å². The fourth-order valence-corrected chi connectivity index (χ4v) is 2.65. The highest BCUT2D eigenvalue weighted by atomic mass is 16.5. The van der Waals surface area contributed by atoms with Gasteiger partial charge in [-0.25, -0.2) is 4.98 Å². The molecule has 1 aromatic carbocycles. The average molecular weight is 336 g/mol. The molecule has 2 heterocycles.